The van der Waals surface area contributed by atoms with Gasteiger partial charge in [0.2, 0.25) is 0 Å². The Labute approximate surface area is 134 Å². The highest BCUT2D eigenvalue weighted by molar-refractivity contribution is 5.66. The van der Waals surface area contributed by atoms with Crippen molar-refractivity contribution in [3.63, 3.8) is 0 Å². The lowest BCUT2D eigenvalue weighted by atomic mass is 10.0. The highest BCUT2D eigenvalue weighted by Crippen LogP contribution is 2.20. The number of benzene rings is 2. The van der Waals surface area contributed by atoms with Crippen molar-refractivity contribution in [2.45, 2.75) is 6.92 Å². The van der Waals surface area contributed by atoms with Crippen LogP contribution >= 0.6 is 0 Å². The van der Waals surface area contributed by atoms with E-state index < -0.39 is 0 Å². The summed E-state index contributed by atoms with van der Waals surface area (Å²) in [6.07, 6.45) is 3.89. The van der Waals surface area contributed by atoms with Crippen molar-refractivity contribution in [3.8, 4) is 11.1 Å². The number of hydrogen-bond donors (Lipinski definition) is 0. The zero-order valence-electron chi connectivity index (χ0n) is 13.6. The van der Waals surface area contributed by atoms with Gasteiger partial charge >= 0.3 is 0 Å². The molecule has 114 valence electrons. The molecule has 3 rings (SSSR count). The first-order valence-electron chi connectivity index (χ1n) is 7.73. The Morgan fingerprint density at radius 1 is 1.00 bits per heavy atom. The van der Waals surface area contributed by atoms with Crippen LogP contribution < -0.4 is 0 Å². The lowest BCUT2D eigenvalue weighted by Gasteiger charge is -2.33. The van der Waals surface area contributed by atoms with Gasteiger partial charge in [-0.15, -0.1) is 6.58 Å². The summed E-state index contributed by atoms with van der Waals surface area (Å²) >= 11 is 0. The molecule has 1 heterocycles. The first-order chi connectivity index (χ1) is 10.6. The molecule has 1 heteroatoms. The molecule has 2 aromatic rings. The van der Waals surface area contributed by atoms with Crippen LogP contribution in [0.5, 0.6) is 0 Å². The van der Waals surface area contributed by atoms with Crippen LogP contribution in [0.25, 0.3) is 17.2 Å². The molecular formula is C21H25N. The summed E-state index contributed by atoms with van der Waals surface area (Å²) in [5.41, 5.74) is 4.97. The van der Waals surface area contributed by atoms with Crippen molar-refractivity contribution >= 4 is 6.08 Å². The van der Waals surface area contributed by atoms with Gasteiger partial charge in [0.25, 0.3) is 0 Å². The molecule has 0 unspecified atom stereocenters. The minimum Gasteiger partial charge on any atom is -0.305 e. The van der Waals surface area contributed by atoms with Gasteiger partial charge in [0, 0.05) is 19.0 Å². The predicted octanol–water partition coefficient (Wildman–Crippen LogP) is 5.04. The van der Waals surface area contributed by atoms with E-state index in [2.05, 4.69) is 80.6 Å². The fourth-order valence-electron chi connectivity index (χ4n) is 2.53. The monoisotopic (exact) mass is 291 g/mol. The minimum absolute atomic E-state index is 0.782. The molecular weight excluding hydrogens is 266 g/mol. The maximum absolute atomic E-state index is 3.75. The first kappa shape index (κ1) is 16.3. The molecule has 22 heavy (non-hydrogen) atoms. The Morgan fingerprint density at radius 2 is 1.68 bits per heavy atom. The van der Waals surface area contributed by atoms with Gasteiger partial charge in [0.1, 0.15) is 0 Å². The summed E-state index contributed by atoms with van der Waals surface area (Å²) in [4.78, 5) is 2.28. The standard InChI is InChI=1S/C15H14.C6H11N/c1-3-13-7-9-14(10-8-13)15-6-4-5-12(2)11-15;1-3-6-4-7(2)5-6/h3-11H,1H2,2H3;3,6H,1,4-5H2,2H3. The molecule has 1 fully saturated rings. The highest BCUT2D eigenvalue weighted by atomic mass is 15.2. The maximum Gasteiger partial charge on any atom is 0.00537 e. The van der Waals surface area contributed by atoms with Gasteiger partial charge in [-0.2, -0.15) is 0 Å². The number of likely N-dealkylation sites (tertiary alicyclic amines) is 1. The first-order valence-corrected chi connectivity index (χ1v) is 7.73. The topological polar surface area (TPSA) is 3.24 Å². The number of hydrogen-bond acceptors (Lipinski definition) is 1. The zero-order chi connectivity index (χ0) is 15.9. The van der Waals surface area contributed by atoms with Crippen molar-refractivity contribution in [2.24, 2.45) is 5.92 Å². The molecule has 0 bridgehead atoms. The van der Waals surface area contributed by atoms with E-state index in [1.54, 1.807) is 0 Å². The summed E-state index contributed by atoms with van der Waals surface area (Å²) < 4.78 is 0. The summed E-state index contributed by atoms with van der Waals surface area (Å²) in [5, 5.41) is 0. The van der Waals surface area contributed by atoms with Gasteiger partial charge in [0.15, 0.2) is 0 Å². The predicted molar refractivity (Wildman–Crippen MR) is 97.9 cm³/mol. The molecule has 0 spiro atoms. The van der Waals surface area contributed by atoms with E-state index in [1.807, 2.05) is 12.2 Å². The molecule has 0 aromatic heterocycles. The van der Waals surface area contributed by atoms with Crippen molar-refractivity contribution < 1.29 is 0 Å². The summed E-state index contributed by atoms with van der Waals surface area (Å²) in [6, 6.07) is 17.0. The second-order valence-corrected chi connectivity index (χ2v) is 5.91. The summed E-state index contributed by atoms with van der Waals surface area (Å²) in [7, 11) is 2.12. The van der Waals surface area contributed by atoms with Gasteiger partial charge < -0.3 is 4.90 Å². The molecule has 0 aliphatic carbocycles. The molecule has 0 saturated carbocycles. The van der Waals surface area contributed by atoms with Crippen LogP contribution in [-0.2, 0) is 0 Å². The van der Waals surface area contributed by atoms with Crippen molar-refractivity contribution in [2.75, 3.05) is 20.1 Å². The van der Waals surface area contributed by atoms with Gasteiger partial charge in [-0.1, -0.05) is 72.8 Å². The lowest BCUT2D eigenvalue weighted by molar-refractivity contribution is 0.170. The Bertz CT molecular complexity index is 619. The Kier molecular flexibility index (Phi) is 5.74. The third kappa shape index (κ3) is 4.44. The largest absolute Gasteiger partial charge is 0.305 e. The molecule has 1 saturated heterocycles. The zero-order valence-corrected chi connectivity index (χ0v) is 13.6. The minimum atomic E-state index is 0.782. The number of aryl methyl sites for hydroxylation is 1. The van der Waals surface area contributed by atoms with Crippen LogP contribution in [-0.4, -0.2) is 25.0 Å². The average Bonchev–Trinajstić information content (AvgIpc) is 2.52. The maximum atomic E-state index is 3.75. The van der Waals surface area contributed by atoms with Gasteiger partial charge in [-0.25, -0.2) is 0 Å². The van der Waals surface area contributed by atoms with E-state index in [0.717, 1.165) is 11.5 Å². The van der Waals surface area contributed by atoms with Crippen molar-refractivity contribution in [1.82, 2.24) is 4.90 Å². The van der Waals surface area contributed by atoms with Crippen LogP contribution in [0.1, 0.15) is 11.1 Å². The molecule has 0 amide bonds. The van der Waals surface area contributed by atoms with E-state index in [-0.39, 0.29) is 0 Å². The van der Waals surface area contributed by atoms with E-state index in [9.17, 15) is 0 Å². The molecule has 0 radical (unpaired) electrons. The van der Waals surface area contributed by atoms with Crippen molar-refractivity contribution in [3.05, 3.63) is 78.9 Å². The molecule has 1 nitrogen and oxygen atoms in total. The fraction of sp³-hybridized carbons (Fsp3) is 0.238. The van der Waals surface area contributed by atoms with E-state index in [0.29, 0.717) is 0 Å². The number of rotatable bonds is 3. The van der Waals surface area contributed by atoms with Gasteiger partial charge in [0.05, 0.1) is 0 Å². The third-order valence-electron chi connectivity index (χ3n) is 3.92. The smallest absolute Gasteiger partial charge is 0.00537 e. The van der Waals surface area contributed by atoms with E-state index >= 15 is 0 Å². The Hall–Kier alpha value is -2.12. The highest BCUT2D eigenvalue weighted by Gasteiger charge is 2.18. The lowest BCUT2D eigenvalue weighted by Crippen LogP contribution is -2.42. The number of nitrogens with zero attached hydrogens (tertiary/aromatic N) is 1. The summed E-state index contributed by atoms with van der Waals surface area (Å²) in [6.45, 7) is 12.0. The molecule has 1 aliphatic rings. The summed E-state index contributed by atoms with van der Waals surface area (Å²) in [5.74, 6) is 0.782. The molecule has 2 aromatic carbocycles. The molecule has 1 aliphatic heterocycles. The third-order valence-corrected chi connectivity index (χ3v) is 3.92. The van der Waals surface area contributed by atoms with Crippen LogP contribution in [0, 0.1) is 12.8 Å². The molecule has 0 N–H and O–H groups in total. The van der Waals surface area contributed by atoms with Crippen LogP contribution in [0.4, 0.5) is 0 Å². The van der Waals surface area contributed by atoms with Crippen molar-refractivity contribution in [1.29, 1.82) is 0 Å². The SMILES string of the molecule is C=CC1CN(C)C1.C=Cc1ccc(-c2cccc(C)c2)cc1. The fourth-order valence-corrected chi connectivity index (χ4v) is 2.53. The van der Waals surface area contributed by atoms with Gasteiger partial charge in [-0.05, 0) is 30.7 Å². The van der Waals surface area contributed by atoms with Crippen LogP contribution in [0.3, 0.4) is 0 Å². The quantitative estimate of drug-likeness (QED) is 0.716. The second-order valence-electron chi connectivity index (χ2n) is 5.91. The Morgan fingerprint density at radius 3 is 2.14 bits per heavy atom. The average molecular weight is 291 g/mol. The van der Waals surface area contributed by atoms with Crippen LogP contribution in [0.15, 0.2) is 67.8 Å². The van der Waals surface area contributed by atoms with E-state index in [4.69, 9.17) is 0 Å². The second kappa shape index (κ2) is 7.77. The normalized spacial score (nSPS) is 14.5. The van der Waals surface area contributed by atoms with E-state index in [1.165, 1.54) is 29.8 Å². The molecule has 0 atom stereocenters. The van der Waals surface area contributed by atoms with Gasteiger partial charge in [-0.3, -0.25) is 0 Å². The Balaban J connectivity index is 0.000000211. The van der Waals surface area contributed by atoms with Crippen LogP contribution in [0.2, 0.25) is 0 Å².